The van der Waals surface area contributed by atoms with Crippen molar-refractivity contribution in [2.75, 3.05) is 0 Å². The summed E-state index contributed by atoms with van der Waals surface area (Å²) in [4.78, 5) is 27.5. The molecule has 1 saturated heterocycles. The van der Waals surface area contributed by atoms with Crippen LogP contribution in [-0.4, -0.2) is 43.9 Å². The van der Waals surface area contributed by atoms with Gasteiger partial charge in [-0.2, -0.15) is 0 Å². The normalized spacial score (nSPS) is 24.2. The third kappa shape index (κ3) is 5.92. The second kappa shape index (κ2) is 10.2. The summed E-state index contributed by atoms with van der Waals surface area (Å²) in [5.41, 5.74) is 0.527. The van der Waals surface area contributed by atoms with Gasteiger partial charge in [0.05, 0.1) is 17.9 Å². The molecule has 8 heteroatoms. The van der Waals surface area contributed by atoms with Crippen LogP contribution in [-0.2, 0) is 9.59 Å². The Morgan fingerprint density at radius 2 is 1.79 bits per heavy atom. The molecule has 0 bridgehead atoms. The van der Waals surface area contributed by atoms with Crippen LogP contribution >= 0.6 is 23.2 Å². The van der Waals surface area contributed by atoms with E-state index in [0.717, 1.165) is 11.1 Å². The van der Waals surface area contributed by atoms with Crippen molar-refractivity contribution in [1.29, 1.82) is 0 Å². The quantitative estimate of drug-likeness (QED) is 0.415. The summed E-state index contributed by atoms with van der Waals surface area (Å²) < 4.78 is 0. The molecule has 6 nitrogen and oxygen atoms in total. The number of amides is 1. The number of carbonyl (C=O) groups excluding carboxylic acids is 1. The van der Waals surface area contributed by atoms with Gasteiger partial charge in [-0.3, -0.25) is 9.59 Å². The number of carboxylic acid groups (broad SMARTS) is 1. The van der Waals surface area contributed by atoms with E-state index >= 15 is 0 Å². The highest BCUT2D eigenvalue weighted by molar-refractivity contribution is 6.30. The maximum absolute atomic E-state index is 14.0. The number of rotatable bonds is 8. The van der Waals surface area contributed by atoms with Crippen LogP contribution in [0.25, 0.3) is 0 Å². The molecular weight excluding hydrogens is 477 g/mol. The Morgan fingerprint density at radius 1 is 1.15 bits per heavy atom. The van der Waals surface area contributed by atoms with E-state index in [2.05, 4.69) is 0 Å². The maximum Gasteiger partial charge on any atom is 0.304 e. The van der Waals surface area contributed by atoms with E-state index in [-0.39, 0.29) is 24.7 Å². The van der Waals surface area contributed by atoms with Gasteiger partial charge in [-0.1, -0.05) is 61.3 Å². The van der Waals surface area contributed by atoms with Gasteiger partial charge >= 0.3 is 5.97 Å². The van der Waals surface area contributed by atoms with Crippen LogP contribution in [0, 0.1) is 5.41 Å². The Labute approximate surface area is 210 Å². The highest BCUT2D eigenvalue weighted by atomic mass is 35.5. The minimum absolute atomic E-state index is 0.0786. The van der Waals surface area contributed by atoms with E-state index in [0.29, 0.717) is 22.9 Å². The minimum Gasteiger partial charge on any atom is -0.481 e. The second-order valence-electron chi connectivity index (χ2n) is 9.69. The van der Waals surface area contributed by atoms with Crippen LogP contribution in [0.15, 0.2) is 48.5 Å². The molecule has 4 atom stereocenters. The first-order chi connectivity index (χ1) is 15.8. The lowest BCUT2D eigenvalue weighted by molar-refractivity contribution is -0.177. The SMILES string of the molecule is CCC(CC(C)(O)O)N1C(=O)[C@@](C)(CC(=O)O)C[C@H](c2cccc(Cl)c2)[C@H]1c1ccc(Cl)cc1. The van der Waals surface area contributed by atoms with Crippen LogP contribution in [0.3, 0.4) is 0 Å². The van der Waals surface area contributed by atoms with E-state index in [1.165, 1.54) is 6.92 Å². The lowest BCUT2D eigenvalue weighted by atomic mass is 9.67. The van der Waals surface area contributed by atoms with Crippen molar-refractivity contribution in [3.05, 3.63) is 69.7 Å². The van der Waals surface area contributed by atoms with E-state index in [1.807, 2.05) is 37.3 Å². The molecule has 1 fully saturated rings. The molecule has 1 unspecified atom stereocenters. The van der Waals surface area contributed by atoms with Crippen molar-refractivity contribution in [3.8, 4) is 0 Å². The molecule has 0 radical (unpaired) electrons. The van der Waals surface area contributed by atoms with Gasteiger partial charge in [0.15, 0.2) is 5.79 Å². The Morgan fingerprint density at radius 3 is 2.32 bits per heavy atom. The topological polar surface area (TPSA) is 98.1 Å². The summed E-state index contributed by atoms with van der Waals surface area (Å²) in [6, 6.07) is 13.6. The zero-order chi connectivity index (χ0) is 25.3. The average molecular weight is 508 g/mol. The molecule has 0 saturated carbocycles. The number of hydrogen-bond acceptors (Lipinski definition) is 4. The fourth-order valence-electron chi connectivity index (χ4n) is 5.17. The van der Waals surface area contributed by atoms with Crippen molar-refractivity contribution in [3.63, 3.8) is 0 Å². The number of likely N-dealkylation sites (tertiary alicyclic amines) is 1. The number of nitrogens with zero attached hydrogens (tertiary/aromatic N) is 1. The summed E-state index contributed by atoms with van der Waals surface area (Å²) in [6.45, 7) is 4.84. The fourth-order valence-corrected chi connectivity index (χ4v) is 5.49. The third-order valence-corrected chi connectivity index (χ3v) is 7.11. The minimum atomic E-state index is -2.00. The van der Waals surface area contributed by atoms with Crippen LogP contribution in [0.5, 0.6) is 0 Å². The highest BCUT2D eigenvalue weighted by Gasteiger charge is 2.52. The van der Waals surface area contributed by atoms with Crippen LogP contribution < -0.4 is 0 Å². The summed E-state index contributed by atoms with van der Waals surface area (Å²) in [6.07, 6.45) is 0.343. The first kappa shape index (κ1) is 26.5. The predicted molar refractivity (Wildman–Crippen MR) is 132 cm³/mol. The van der Waals surface area contributed by atoms with E-state index in [4.69, 9.17) is 23.2 Å². The number of hydrogen-bond donors (Lipinski definition) is 3. The fraction of sp³-hybridized carbons (Fsp3) is 0.462. The second-order valence-corrected chi connectivity index (χ2v) is 10.6. The highest BCUT2D eigenvalue weighted by Crippen LogP contribution is 2.52. The molecule has 0 aromatic heterocycles. The number of piperidine rings is 1. The van der Waals surface area contributed by atoms with E-state index in [9.17, 15) is 24.9 Å². The number of carbonyl (C=O) groups is 2. The molecule has 1 amide bonds. The summed E-state index contributed by atoms with van der Waals surface area (Å²) in [5.74, 6) is -3.66. The Balaban J connectivity index is 2.24. The van der Waals surface area contributed by atoms with Crippen LogP contribution in [0.1, 0.15) is 69.5 Å². The van der Waals surface area contributed by atoms with Crippen LogP contribution in [0.4, 0.5) is 0 Å². The number of halogens is 2. The van der Waals surface area contributed by atoms with Gasteiger partial charge < -0.3 is 20.2 Å². The van der Waals surface area contributed by atoms with Crippen molar-refractivity contribution < 1.29 is 24.9 Å². The molecule has 1 aliphatic heterocycles. The molecule has 0 spiro atoms. The standard InChI is InChI=1S/C26H31Cl2NO5/c1-4-20(13-26(3,33)34)29-23(16-8-10-18(27)11-9-16)21(17-6-5-7-19(28)12-17)14-25(2,24(29)32)15-22(30)31/h5-12,20-21,23,33-34H,4,13-15H2,1-3H3,(H,30,31)/t20?,21-,23-,25-/m1/s1. The van der Waals surface area contributed by atoms with Crippen molar-refractivity contribution >= 4 is 35.1 Å². The molecular formula is C26H31Cl2NO5. The molecule has 3 N–H and O–H groups in total. The third-order valence-electron chi connectivity index (χ3n) is 6.62. The van der Waals surface area contributed by atoms with E-state index in [1.54, 1.807) is 30.0 Å². The molecule has 34 heavy (non-hydrogen) atoms. The smallest absolute Gasteiger partial charge is 0.304 e. The molecule has 1 aliphatic rings. The number of benzene rings is 2. The predicted octanol–water partition coefficient (Wildman–Crippen LogP) is 5.40. The molecule has 1 heterocycles. The maximum atomic E-state index is 14.0. The molecule has 0 aliphatic carbocycles. The first-order valence-electron chi connectivity index (χ1n) is 11.3. The summed E-state index contributed by atoms with van der Waals surface area (Å²) in [7, 11) is 0. The zero-order valence-corrected chi connectivity index (χ0v) is 21.1. The Hall–Kier alpha value is -2.12. The number of aliphatic hydroxyl groups is 2. The average Bonchev–Trinajstić information content (AvgIpc) is 2.73. The van der Waals surface area contributed by atoms with Crippen molar-refractivity contribution in [1.82, 2.24) is 4.90 Å². The molecule has 2 aromatic carbocycles. The summed E-state index contributed by atoms with van der Waals surface area (Å²) in [5, 5.41) is 31.2. The zero-order valence-electron chi connectivity index (χ0n) is 19.5. The van der Waals surface area contributed by atoms with Gasteiger partial charge in [-0.25, -0.2) is 0 Å². The van der Waals surface area contributed by atoms with Gasteiger partial charge in [0.25, 0.3) is 0 Å². The largest absolute Gasteiger partial charge is 0.481 e. The van der Waals surface area contributed by atoms with Crippen molar-refractivity contribution in [2.24, 2.45) is 5.41 Å². The van der Waals surface area contributed by atoms with Gasteiger partial charge in [0, 0.05) is 28.4 Å². The molecule has 3 rings (SSSR count). The Kier molecular flexibility index (Phi) is 7.98. The molecule has 2 aromatic rings. The molecule has 184 valence electrons. The first-order valence-corrected chi connectivity index (χ1v) is 12.1. The van der Waals surface area contributed by atoms with E-state index < -0.39 is 29.3 Å². The monoisotopic (exact) mass is 507 g/mol. The van der Waals surface area contributed by atoms with Crippen LogP contribution in [0.2, 0.25) is 10.0 Å². The number of carboxylic acids is 1. The van der Waals surface area contributed by atoms with Gasteiger partial charge in [0.1, 0.15) is 0 Å². The van der Waals surface area contributed by atoms with Gasteiger partial charge in [-0.15, -0.1) is 0 Å². The Bertz CT molecular complexity index is 1040. The van der Waals surface area contributed by atoms with Crippen molar-refractivity contribution in [2.45, 2.75) is 70.2 Å². The van der Waals surface area contributed by atoms with Gasteiger partial charge in [0.2, 0.25) is 5.91 Å². The lowest BCUT2D eigenvalue weighted by Gasteiger charge is -2.52. The van der Waals surface area contributed by atoms with Gasteiger partial charge in [-0.05, 0) is 55.2 Å². The number of aliphatic carboxylic acids is 1. The lowest BCUT2D eigenvalue weighted by Crippen LogP contribution is -2.57. The summed E-state index contributed by atoms with van der Waals surface area (Å²) >= 11 is 12.5.